The SMILES string of the molecule is CC(C)(C(=O)O)[C@H](NC(=O)OCc1ccccc1)c1ccc(C#N)cc1. The predicted molar refractivity (Wildman–Crippen MR) is 95.1 cm³/mol. The van der Waals surface area contributed by atoms with Crippen LogP contribution in [0.15, 0.2) is 54.6 Å². The normalized spacial score (nSPS) is 11.9. The number of hydrogen-bond acceptors (Lipinski definition) is 4. The van der Waals surface area contributed by atoms with E-state index in [-0.39, 0.29) is 6.61 Å². The summed E-state index contributed by atoms with van der Waals surface area (Å²) in [5, 5.41) is 21.1. The quantitative estimate of drug-likeness (QED) is 0.827. The highest BCUT2D eigenvalue weighted by Crippen LogP contribution is 2.34. The van der Waals surface area contributed by atoms with Gasteiger partial charge in [-0.3, -0.25) is 4.79 Å². The summed E-state index contributed by atoms with van der Waals surface area (Å²) in [6.07, 6.45) is -0.711. The summed E-state index contributed by atoms with van der Waals surface area (Å²) < 4.78 is 5.20. The average Bonchev–Trinajstić information content (AvgIpc) is 2.65. The molecular formula is C20H20N2O4. The Morgan fingerprint density at radius 2 is 1.77 bits per heavy atom. The van der Waals surface area contributed by atoms with Crippen molar-refractivity contribution in [1.29, 1.82) is 5.26 Å². The zero-order chi connectivity index (χ0) is 19.2. The fraction of sp³-hybridized carbons (Fsp3) is 0.250. The molecule has 6 nitrogen and oxygen atoms in total. The number of alkyl carbamates (subject to hydrolysis) is 1. The van der Waals surface area contributed by atoms with Crippen molar-refractivity contribution in [2.24, 2.45) is 5.41 Å². The lowest BCUT2D eigenvalue weighted by Gasteiger charge is -2.31. The van der Waals surface area contributed by atoms with Crippen LogP contribution in [-0.4, -0.2) is 17.2 Å². The van der Waals surface area contributed by atoms with Crippen LogP contribution in [-0.2, 0) is 16.1 Å². The van der Waals surface area contributed by atoms with E-state index < -0.39 is 23.5 Å². The smallest absolute Gasteiger partial charge is 0.407 e. The predicted octanol–water partition coefficient (Wildman–Crippen LogP) is 3.64. The lowest BCUT2D eigenvalue weighted by Crippen LogP contribution is -2.42. The average molecular weight is 352 g/mol. The summed E-state index contributed by atoms with van der Waals surface area (Å²) in [6, 6.07) is 16.8. The number of carboxylic acid groups (broad SMARTS) is 1. The maximum atomic E-state index is 12.2. The van der Waals surface area contributed by atoms with E-state index in [1.54, 1.807) is 24.3 Å². The van der Waals surface area contributed by atoms with Gasteiger partial charge in [0.25, 0.3) is 0 Å². The van der Waals surface area contributed by atoms with Crippen molar-refractivity contribution in [3.05, 3.63) is 71.3 Å². The van der Waals surface area contributed by atoms with Gasteiger partial charge in [-0.1, -0.05) is 42.5 Å². The first kappa shape index (κ1) is 19.0. The minimum absolute atomic E-state index is 0.0836. The van der Waals surface area contributed by atoms with Gasteiger partial charge in [-0.15, -0.1) is 0 Å². The molecule has 0 unspecified atom stereocenters. The summed E-state index contributed by atoms with van der Waals surface area (Å²) in [6.45, 7) is 3.13. The Morgan fingerprint density at radius 3 is 2.31 bits per heavy atom. The molecule has 0 aliphatic carbocycles. The molecule has 26 heavy (non-hydrogen) atoms. The van der Waals surface area contributed by atoms with Crippen LogP contribution in [0.4, 0.5) is 4.79 Å². The number of aliphatic carboxylic acids is 1. The summed E-state index contributed by atoms with van der Waals surface area (Å²) >= 11 is 0. The summed E-state index contributed by atoms with van der Waals surface area (Å²) in [7, 11) is 0. The molecule has 2 aromatic carbocycles. The maximum absolute atomic E-state index is 12.2. The van der Waals surface area contributed by atoms with Gasteiger partial charge in [0.05, 0.1) is 23.1 Å². The zero-order valence-corrected chi connectivity index (χ0v) is 14.6. The molecule has 1 amide bonds. The Labute approximate surface area is 152 Å². The fourth-order valence-corrected chi connectivity index (χ4v) is 2.44. The second-order valence-corrected chi connectivity index (χ2v) is 6.40. The van der Waals surface area contributed by atoms with E-state index in [1.165, 1.54) is 13.8 Å². The summed E-state index contributed by atoms with van der Waals surface area (Å²) in [4.78, 5) is 23.9. The van der Waals surface area contributed by atoms with E-state index in [0.29, 0.717) is 11.1 Å². The Bertz CT molecular complexity index is 808. The van der Waals surface area contributed by atoms with Crippen LogP contribution in [0.5, 0.6) is 0 Å². The largest absolute Gasteiger partial charge is 0.481 e. The molecule has 2 aromatic rings. The number of ether oxygens (including phenoxy) is 1. The molecule has 0 heterocycles. The minimum Gasteiger partial charge on any atom is -0.481 e. The van der Waals surface area contributed by atoms with Crippen molar-refractivity contribution >= 4 is 12.1 Å². The highest BCUT2D eigenvalue weighted by Gasteiger charge is 2.39. The maximum Gasteiger partial charge on any atom is 0.407 e. The molecule has 0 bridgehead atoms. The number of carbonyl (C=O) groups excluding carboxylic acids is 1. The number of benzene rings is 2. The Kier molecular flexibility index (Phi) is 5.97. The molecule has 2 rings (SSSR count). The Morgan fingerprint density at radius 1 is 1.15 bits per heavy atom. The van der Waals surface area contributed by atoms with Crippen LogP contribution in [0, 0.1) is 16.7 Å². The molecule has 0 aromatic heterocycles. The van der Waals surface area contributed by atoms with E-state index in [0.717, 1.165) is 5.56 Å². The topological polar surface area (TPSA) is 99.4 Å². The van der Waals surface area contributed by atoms with Crippen molar-refractivity contribution in [3.8, 4) is 6.07 Å². The first-order valence-corrected chi connectivity index (χ1v) is 8.05. The van der Waals surface area contributed by atoms with Crippen LogP contribution >= 0.6 is 0 Å². The molecule has 0 fully saturated rings. The minimum atomic E-state index is -1.28. The molecule has 134 valence electrons. The van der Waals surface area contributed by atoms with E-state index in [1.807, 2.05) is 36.4 Å². The van der Waals surface area contributed by atoms with Gasteiger partial charge in [0.1, 0.15) is 6.61 Å². The number of rotatable bonds is 6. The lowest BCUT2D eigenvalue weighted by atomic mass is 9.80. The summed E-state index contributed by atoms with van der Waals surface area (Å²) in [5.41, 5.74) is 0.579. The van der Waals surface area contributed by atoms with Crippen LogP contribution in [0.25, 0.3) is 0 Å². The van der Waals surface area contributed by atoms with E-state index in [4.69, 9.17) is 10.00 Å². The van der Waals surface area contributed by atoms with E-state index in [2.05, 4.69) is 5.32 Å². The van der Waals surface area contributed by atoms with Crippen molar-refractivity contribution in [1.82, 2.24) is 5.32 Å². The molecule has 0 radical (unpaired) electrons. The van der Waals surface area contributed by atoms with Gasteiger partial charge in [0.2, 0.25) is 0 Å². The highest BCUT2D eigenvalue weighted by atomic mass is 16.5. The first-order chi connectivity index (χ1) is 12.3. The number of nitrogens with one attached hydrogen (secondary N) is 1. The van der Waals surface area contributed by atoms with Crippen LogP contribution in [0.3, 0.4) is 0 Å². The van der Waals surface area contributed by atoms with Crippen LogP contribution < -0.4 is 5.32 Å². The van der Waals surface area contributed by atoms with E-state index in [9.17, 15) is 14.7 Å². The molecule has 0 aliphatic heterocycles. The van der Waals surface area contributed by atoms with Gasteiger partial charge >= 0.3 is 12.1 Å². The molecule has 2 N–H and O–H groups in total. The third-order valence-electron chi connectivity index (χ3n) is 4.12. The lowest BCUT2D eigenvalue weighted by molar-refractivity contribution is -0.148. The summed E-state index contributed by atoms with van der Waals surface area (Å²) in [5.74, 6) is -1.06. The van der Waals surface area contributed by atoms with Gasteiger partial charge in [-0.25, -0.2) is 4.79 Å². The molecule has 0 aliphatic rings. The van der Waals surface area contributed by atoms with Gasteiger partial charge in [-0.05, 0) is 37.1 Å². The molecule has 0 saturated carbocycles. The van der Waals surface area contributed by atoms with Crippen molar-refractivity contribution in [3.63, 3.8) is 0 Å². The zero-order valence-electron chi connectivity index (χ0n) is 14.6. The molecule has 0 spiro atoms. The second kappa shape index (κ2) is 8.17. The number of hydrogen-bond donors (Lipinski definition) is 2. The number of carbonyl (C=O) groups is 2. The van der Waals surface area contributed by atoms with Crippen molar-refractivity contribution < 1.29 is 19.4 Å². The van der Waals surface area contributed by atoms with Gasteiger partial charge in [0, 0.05) is 0 Å². The first-order valence-electron chi connectivity index (χ1n) is 8.05. The molecular weight excluding hydrogens is 332 g/mol. The number of nitrogens with zero attached hydrogens (tertiary/aromatic N) is 1. The third-order valence-corrected chi connectivity index (χ3v) is 4.12. The van der Waals surface area contributed by atoms with Gasteiger partial charge in [-0.2, -0.15) is 5.26 Å². The van der Waals surface area contributed by atoms with Crippen molar-refractivity contribution in [2.75, 3.05) is 0 Å². The van der Waals surface area contributed by atoms with Crippen molar-refractivity contribution in [2.45, 2.75) is 26.5 Å². The molecule has 0 saturated heterocycles. The van der Waals surface area contributed by atoms with E-state index >= 15 is 0 Å². The van der Waals surface area contributed by atoms with Gasteiger partial charge in [0.15, 0.2) is 0 Å². The second-order valence-electron chi connectivity index (χ2n) is 6.40. The van der Waals surface area contributed by atoms with Crippen LogP contribution in [0.1, 0.15) is 36.6 Å². The number of nitriles is 1. The fourth-order valence-electron chi connectivity index (χ4n) is 2.44. The van der Waals surface area contributed by atoms with Gasteiger partial charge < -0.3 is 15.2 Å². The number of amides is 1. The van der Waals surface area contributed by atoms with Crippen LogP contribution in [0.2, 0.25) is 0 Å². The monoisotopic (exact) mass is 352 g/mol. The third kappa shape index (κ3) is 4.61. The highest BCUT2D eigenvalue weighted by molar-refractivity contribution is 5.77. The molecule has 1 atom stereocenters. The molecule has 6 heteroatoms. The Hall–Kier alpha value is -3.33. The number of carboxylic acids is 1. The standard InChI is InChI=1S/C20H20N2O4/c1-20(2,18(23)24)17(16-10-8-14(12-21)9-11-16)22-19(25)26-13-15-6-4-3-5-7-15/h3-11,17H,13H2,1-2H3,(H,22,25)(H,23,24)/t17-/m1/s1. The Balaban J connectivity index is 2.17.